The quantitative estimate of drug-likeness (QED) is 0.811. The van der Waals surface area contributed by atoms with E-state index in [0.717, 1.165) is 12.8 Å². The van der Waals surface area contributed by atoms with Gasteiger partial charge >= 0.3 is 0 Å². The van der Waals surface area contributed by atoms with E-state index in [1.165, 1.54) is 0 Å². The average molecular weight is 286 g/mol. The van der Waals surface area contributed by atoms with Crippen LogP contribution in [0.4, 0.5) is 0 Å². The molecule has 19 heavy (non-hydrogen) atoms. The van der Waals surface area contributed by atoms with Gasteiger partial charge in [-0.25, -0.2) is 0 Å². The topological polar surface area (TPSA) is 49.4 Å². The molecule has 1 aliphatic heterocycles. The first kappa shape index (κ1) is 16.3. The van der Waals surface area contributed by atoms with Crippen molar-refractivity contribution in [2.45, 2.75) is 51.3 Å². The van der Waals surface area contributed by atoms with E-state index in [-0.39, 0.29) is 35.1 Å². The van der Waals surface area contributed by atoms with Gasteiger partial charge in [-0.2, -0.15) is 11.8 Å². The standard InChI is InChI=1S/C14H26N2O2S/c1-6-14(7-2,19-5)9-16-8-11(17)15-12(10(3)4)13(16)18/h10,12H,6-9H2,1-5H3,(H,15,17). The third kappa shape index (κ3) is 3.65. The maximum atomic E-state index is 12.4. The van der Waals surface area contributed by atoms with E-state index in [0.29, 0.717) is 6.54 Å². The summed E-state index contributed by atoms with van der Waals surface area (Å²) in [6.07, 6.45) is 4.09. The van der Waals surface area contributed by atoms with Crippen LogP contribution in [0.1, 0.15) is 40.5 Å². The zero-order valence-electron chi connectivity index (χ0n) is 12.7. The van der Waals surface area contributed by atoms with Gasteiger partial charge in [-0.05, 0) is 25.0 Å². The molecule has 0 radical (unpaired) electrons. The van der Waals surface area contributed by atoms with Crippen molar-refractivity contribution in [3.8, 4) is 0 Å². The lowest BCUT2D eigenvalue weighted by Crippen LogP contribution is -2.61. The molecule has 1 N–H and O–H groups in total. The molecule has 1 fully saturated rings. The second kappa shape index (κ2) is 6.64. The molecule has 4 nitrogen and oxygen atoms in total. The number of hydrogen-bond donors (Lipinski definition) is 1. The normalized spacial score (nSPS) is 20.9. The molecule has 1 unspecified atom stereocenters. The van der Waals surface area contributed by atoms with Crippen molar-refractivity contribution < 1.29 is 9.59 Å². The molecule has 1 heterocycles. The van der Waals surface area contributed by atoms with Gasteiger partial charge in [0.15, 0.2) is 0 Å². The van der Waals surface area contributed by atoms with E-state index in [2.05, 4.69) is 25.4 Å². The Hall–Kier alpha value is -0.710. The van der Waals surface area contributed by atoms with E-state index < -0.39 is 0 Å². The molecule has 0 saturated carbocycles. The zero-order valence-corrected chi connectivity index (χ0v) is 13.5. The van der Waals surface area contributed by atoms with Crippen molar-refractivity contribution in [1.82, 2.24) is 10.2 Å². The number of thioether (sulfide) groups is 1. The molecule has 0 aliphatic carbocycles. The average Bonchev–Trinajstić information content (AvgIpc) is 2.39. The van der Waals surface area contributed by atoms with Gasteiger partial charge < -0.3 is 10.2 Å². The fourth-order valence-electron chi connectivity index (χ4n) is 2.49. The van der Waals surface area contributed by atoms with Crippen LogP contribution in [0, 0.1) is 5.92 Å². The molecule has 0 aromatic carbocycles. The Balaban J connectivity index is 2.86. The summed E-state index contributed by atoms with van der Waals surface area (Å²) in [5.41, 5.74) is 0. The van der Waals surface area contributed by atoms with Crippen LogP contribution < -0.4 is 5.32 Å². The lowest BCUT2D eigenvalue weighted by molar-refractivity contribution is -0.145. The Morgan fingerprint density at radius 2 is 1.95 bits per heavy atom. The summed E-state index contributed by atoms with van der Waals surface area (Å²) in [5, 5.41) is 2.80. The summed E-state index contributed by atoms with van der Waals surface area (Å²) in [5.74, 6) is 0.154. The number of carbonyl (C=O) groups is 2. The molecule has 0 aromatic heterocycles. The Bertz CT molecular complexity index is 332. The Morgan fingerprint density at radius 3 is 2.37 bits per heavy atom. The summed E-state index contributed by atoms with van der Waals surface area (Å²) < 4.78 is 0.0643. The highest BCUT2D eigenvalue weighted by molar-refractivity contribution is 8.00. The molecule has 2 amide bonds. The summed E-state index contributed by atoms with van der Waals surface area (Å²) in [4.78, 5) is 26.0. The van der Waals surface area contributed by atoms with E-state index in [9.17, 15) is 9.59 Å². The third-order valence-electron chi connectivity index (χ3n) is 4.10. The Morgan fingerprint density at radius 1 is 1.37 bits per heavy atom. The van der Waals surface area contributed by atoms with Gasteiger partial charge in [0.05, 0.1) is 6.54 Å². The minimum atomic E-state index is -0.366. The molecule has 110 valence electrons. The Kier molecular flexibility index (Phi) is 5.71. The number of amides is 2. The molecule has 0 spiro atoms. The van der Waals surface area contributed by atoms with Crippen LogP contribution in [0.5, 0.6) is 0 Å². The highest BCUT2D eigenvalue weighted by atomic mass is 32.2. The largest absolute Gasteiger partial charge is 0.343 e. The maximum Gasteiger partial charge on any atom is 0.245 e. The number of rotatable bonds is 6. The first-order valence-corrected chi connectivity index (χ1v) is 8.25. The van der Waals surface area contributed by atoms with Crippen molar-refractivity contribution in [2.75, 3.05) is 19.3 Å². The molecule has 5 heteroatoms. The lowest BCUT2D eigenvalue weighted by Gasteiger charge is -2.40. The summed E-state index contributed by atoms with van der Waals surface area (Å²) in [6.45, 7) is 9.09. The van der Waals surface area contributed by atoms with Crippen LogP contribution in [0.3, 0.4) is 0 Å². The third-order valence-corrected chi connectivity index (χ3v) is 5.67. The molecule has 1 aliphatic rings. The highest BCUT2D eigenvalue weighted by Crippen LogP contribution is 2.32. The monoisotopic (exact) mass is 286 g/mol. The summed E-state index contributed by atoms with van der Waals surface area (Å²) in [6, 6.07) is -0.366. The van der Waals surface area contributed by atoms with Crippen LogP contribution in [-0.4, -0.2) is 46.8 Å². The highest BCUT2D eigenvalue weighted by Gasteiger charge is 2.38. The predicted molar refractivity (Wildman–Crippen MR) is 80.2 cm³/mol. The van der Waals surface area contributed by atoms with Crippen LogP contribution in [0.2, 0.25) is 0 Å². The first-order chi connectivity index (χ1) is 8.89. The van der Waals surface area contributed by atoms with Crippen LogP contribution in [0.25, 0.3) is 0 Å². The zero-order chi connectivity index (χ0) is 14.6. The van der Waals surface area contributed by atoms with Gasteiger partial charge in [-0.15, -0.1) is 0 Å². The fraction of sp³-hybridized carbons (Fsp3) is 0.857. The summed E-state index contributed by atoms with van der Waals surface area (Å²) in [7, 11) is 0. The minimum Gasteiger partial charge on any atom is -0.343 e. The van der Waals surface area contributed by atoms with Gasteiger partial charge in [0.25, 0.3) is 0 Å². The minimum absolute atomic E-state index is 0.0412. The van der Waals surface area contributed by atoms with Crippen LogP contribution in [-0.2, 0) is 9.59 Å². The van der Waals surface area contributed by atoms with Crippen molar-refractivity contribution in [3.63, 3.8) is 0 Å². The van der Waals surface area contributed by atoms with Crippen molar-refractivity contribution in [2.24, 2.45) is 5.92 Å². The van der Waals surface area contributed by atoms with Gasteiger partial charge in [0.1, 0.15) is 6.04 Å². The van der Waals surface area contributed by atoms with Gasteiger partial charge in [-0.1, -0.05) is 27.7 Å². The van der Waals surface area contributed by atoms with E-state index in [1.807, 2.05) is 13.8 Å². The second-order valence-electron chi connectivity index (χ2n) is 5.58. The molecule has 1 rings (SSSR count). The second-order valence-corrected chi connectivity index (χ2v) is 6.85. The maximum absolute atomic E-state index is 12.4. The molecule has 1 saturated heterocycles. The van der Waals surface area contributed by atoms with Crippen molar-refractivity contribution in [1.29, 1.82) is 0 Å². The number of carbonyl (C=O) groups excluding carboxylic acids is 2. The smallest absolute Gasteiger partial charge is 0.245 e. The number of nitrogens with one attached hydrogen (secondary N) is 1. The van der Waals surface area contributed by atoms with E-state index in [4.69, 9.17) is 0 Å². The van der Waals surface area contributed by atoms with Crippen molar-refractivity contribution in [3.05, 3.63) is 0 Å². The van der Waals surface area contributed by atoms with Gasteiger partial charge in [0.2, 0.25) is 11.8 Å². The molecule has 0 bridgehead atoms. The predicted octanol–water partition coefficient (Wildman–Crippen LogP) is 1.89. The van der Waals surface area contributed by atoms with Crippen molar-refractivity contribution >= 4 is 23.6 Å². The number of nitrogens with zero attached hydrogens (tertiary/aromatic N) is 1. The van der Waals surface area contributed by atoms with Gasteiger partial charge in [0, 0.05) is 11.3 Å². The summed E-state index contributed by atoms with van der Waals surface area (Å²) >= 11 is 1.80. The first-order valence-electron chi connectivity index (χ1n) is 7.02. The van der Waals surface area contributed by atoms with Gasteiger partial charge in [-0.3, -0.25) is 9.59 Å². The van der Waals surface area contributed by atoms with Crippen LogP contribution in [0.15, 0.2) is 0 Å². The SMILES string of the molecule is CCC(CC)(CN1CC(=O)NC(C(C)C)C1=O)SC. The van der Waals surface area contributed by atoms with Crippen LogP contribution >= 0.6 is 11.8 Å². The van der Waals surface area contributed by atoms with E-state index >= 15 is 0 Å². The van der Waals surface area contributed by atoms with E-state index in [1.54, 1.807) is 16.7 Å². The Labute approximate surface area is 120 Å². The number of hydrogen-bond acceptors (Lipinski definition) is 3. The number of piperazine rings is 1. The molecular weight excluding hydrogens is 260 g/mol. The lowest BCUT2D eigenvalue weighted by atomic mass is 9.97. The molecule has 1 atom stereocenters. The molecule has 0 aromatic rings. The fourth-order valence-corrected chi connectivity index (χ4v) is 3.35. The molecular formula is C14H26N2O2S.